The van der Waals surface area contributed by atoms with Gasteiger partial charge in [-0.1, -0.05) is 18.2 Å². The molecule has 0 unspecified atom stereocenters. The van der Waals surface area contributed by atoms with Crippen molar-refractivity contribution >= 4 is 29.1 Å². The van der Waals surface area contributed by atoms with Gasteiger partial charge in [0, 0.05) is 30.7 Å². The largest absolute Gasteiger partial charge is 0.478 e. The molecule has 0 fully saturated rings. The van der Waals surface area contributed by atoms with Gasteiger partial charge < -0.3 is 10.0 Å². The Morgan fingerprint density at radius 2 is 1.87 bits per heavy atom. The number of carboxylic acids is 1. The molecule has 1 heterocycles. The predicted molar refractivity (Wildman–Crippen MR) is 93.5 cm³/mol. The monoisotopic (exact) mass is 304 g/mol. The van der Waals surface area contributed by atoms with Crippen molar-refractivity contribution < 1.29 is 9.90 Å². The number of hydrogen-bond acceptors (Lipinski definition) is 3. The lowest BCUT2D eigenvalue weighted by molar-refractivity contribution is 0.0697. The van der Waals surface area contributed by atoms with E-state index in [1.807, 2.05) is 37.5 Å². The predicted octanol–water partition coefficient (Wildman–Crippen LogP) is 4.13. The fourth-order valence-corrected chi connectivity index (χ4v) is 2.43. The first-order chi connectivity index (χ1) is 11.1. The molecule has 0 radical (unpaired) electrons. The second kappa shape index (κ2) is 6.32. The molecule has 0 spiro atoms. The van der Waals surface area contributed by atoms with Crippen LogP contribution in [-0.2, 0) is 0 Å². The number of anilines is 1. The van der Waals surface area contributed by atoms with E-state index in [9.17, 15) is 4.79 Å². The van der Waals surface area contributed by atoms with E-state index in [1.165, 1.54) is 0 Å². The van der Waals surface area contributed by atoms with Crippen molar-refractivity contribution in [2.45, 2.75) is 0 Å². The molecule has 0 atom stereocenters. The van der Waals surface area contributed by atoms with E-state index in [2.05, 4.69) is 22.0 Å². The highest BCUT2D eigenvalue weighted by molar-refractivity contribution is 5.94. The lowest BCUT2D eigenvalue weighted by Gasteiger charge is -2.23. The molecular formula is C19H16N2O2. The summed E-state index contributed by atoms with van der Waals surface area (Å²) >= 11 is 0. The Kier molecular flexibility index (Phi) is 4.06. The first kappa shape index (κ1) is 14.8. The van der Waals surface area contributed by atoms with Gasteiger partial charge >= 0.3 is 5.97 Å². The van der Waals surface area contributed by atoms with Crippen LogP contribution in [0.3, 0.4) is 0 Å². The molecule has 0 saturated carbocycles. The van der Waals surface area contributed by atoms with E-state index in [-0.39, 0.29) is 5.56 Å². The van der Waals surface area contributed by atoms with Crippen LogP contribution in [-0.4, -0.2) is 24.3 Å². The summed E-state index contributed by atoms with van der Waals surface area (Å²) in [5.74, 6) is -0.935. The standard InChI is InChI=1S/C19H16N2O2/c1-21-13-11-14(17-4-2-3-5-18(17)21)10-12-20-16-8-6-15(7-9-16)19(22)23/h2-13H,1H3,(H,22,23)/b14-10-,20-12?. The number of aliphatic imine (C=N–C) groups is 1. The minimum atomic E-state index is -0.935. The SMILES string of the molecule is CN1C=C/C(=C/C=Nc2ccc(C(=O)O)cc2)c2ccccc21. The van der Waals surface area contributed by atoms with Gasteiger partial charge in [0.25, 0.3) is 0 Å². The third-order valence-corrected chi connectivity index (χ3v) is 3.66. The van der Waals surface area contributed by atoms with Crippen LogP contribution in [0.2, 0.25) is 0 Å². The number of hydrogen-bond donors (Lipinski definition) is 1. The first-order valence-electron chi connectivity index (χ1n) is 7.23. The van der Waals surface area contributed by atoms with E-state index in [4.69, 9.17) is 5.11 Å². The van der Waals surface area contributed by atoms with E-state index in [0.717, 1.165) is 22.5 Å². The lowest BCUT2D eigenvalue weighted by Crippen LogP contribution is -2.13. The summed E-state index contributed by atoms with van der Waals surface area (Å²) in [7, 11) is 2.02. The highest BCUT2D eigenvalue weighted by Crippen LogP contribution is 2.31. The van der Waals surface area contributed by atoms with E-state index in [1.54, 1.807) is 30.5 Å². The zero-order valence-corrected chi connectivity index (χ0v) is 12.7. The van der Waals surface area contributed by atoms with E-state index >= 15 is 0 Å². The molecule has 114 valence electrons. The Morgan fingerprint density at radius 1 is 1.13 bits per heavy atom. The lowest BCUT2D eigenvalue weighted by atomic mass is 10.0. The van der Waals surface area contributed by atoms with Gasteiger partial charge in [0.2, 0.25) is 0 Å². The number of allylic oxidation sites excluding steroid dienone is 3. The molecular weight excluding hydrogens is 288 g/mol. The number of fused-ring (bicyclic) bond motifs is 1. The summed E-state index contributed by atoms with van der Waals surface area (Å²) < 4.78 is 0. The van der Waals surface area contributed by atoms with Gasteiger partial charge in [0.15, 0.2) is 0 Å². The summed E-state index contributed by atoms with van der Waals surface area (Å²) in [6.07, 6.45) is 7.75. The molecule has 1 aliphatic heterocycles. The summed E-state index contributed by atoms with van der Waals surface area (Å²) in [6.45, 7) is 0. The Morgan fingerprint density at radius 3 is 2.61 bits per heavy atom. The zero-order chi connectivity index (χ0) is 16.2. The molecule has 4 heteroatoms. The molecule has 0 saturated heterocycles. The molecule has 2 aromatic rings. The molecule has 23 heavy (non-hydrogen) atoms. The fourth-order valence-electron chi connectivity index (χ4n) is 2.43. The minimum Gasteiger partial charge on any atom is -0.478 e. The molecule has 0 aromatic heterocycles. The smallest absolute Gasteiger partial charge is 0.335 e. The first-order valence-corrected chi connectivity index (χ1v) is 7.23. The van der Waals surface area contributed by atoms with Crippen LogP contribution in [0.4, 0.5) is 11.4 Å². The van der Waals surface area contributed by atoms with Crippen LogP contribution in [0.25, 0.3) is 5.57 Å². The van der Waals surface area contributed by atoms with Crippen LogP contribution in [0, 0.1) is 0 Å². The van der Waals surface area contributed by atoms with Crippen LogP contribution >= 0.6 is 0 Å². The Bertz CT molecular complexity index is 818. The highest BCUT2D eigenvalue weighted by atomic mass is 16.4. The van der Waals surface area contributed by atoms with Crippen molar-refractivity contribution in [3.05, 3.63) is 78.0 Å². The van der Waals surface area contributed by atoms with Crippen molar-refractivity contribution in [3.8, 4) is 0 Å². The van der Waals surface area contributed by atoms with Crippen molar-refractivity contribution in [2.24, 2.45) is 4.99 Å². The second-order valence-corrected chi connectivity index (χ2v) is 5.20. The molecule has 4 nitrogen and oxygen atoms in total. The Balaban J connectivity index is 1.82. The molecule has 0 bridgehead atoms. The minimum absolute atomic E-state index is 0.259. The van der Waals surface area contributed by atoms with Gasteiger partial charge in [-0.05, 0) is 48.1 Å². The average Bonchev–Trinajstić information content (AvgIpc) is 2.58. The summed E-state index contributed by atoms with van der Waals surface area (Å²) in [6, 6.07) is 14.7. The van der Waals surface area contributed by atoms with Crippen LogP contribution < -0.4 is 4.90 Å². The summed E-state index contributed by atoms with van der Waals surface area (Å²) in [4.78, 5) is 17.2. The molecule has 1 aliphatic rings. The maximum Gasteiger partial charge on any atom is 0.335 e. The Labute approximate surface area is 134 Å². The van der Waals surface area contributed by atoms with Gasteiger partial charge in [0.05, 0.1) is 11.3 Å². The number of carbonyl (C=O) groups is 1. The number of rotatable bonds is 3. The van der Waals surface area contributed by atoms with Gasteiger partial charge in [-0.15, -0.1) is 0 Å². The summed E-state index contributed by atoms with van der Waals surface area (Å²) in [5, 5.41) is 8.88. The number of benzene rings is 2. The second-order valence-electron chi connectivity index (χ2n) is 5.20. The number of carboxylic acid groups (broad SMARTS) is 1. The van der Waals surface area contributed by atoms with Crippen LogP contribution in [0.15, 0.2) is 71.9 Å². The Hall–Kier alpha value is -3.14. The molecule has 0 amide bonds. The summed E-state index contributed by atoms with van der Waals surface area (Å²) in [5.41, 5.74) is 4.38. The van der Waals surface area contributed by atoms with Gasteiger partial charge in [-0.25, -0.2) is 4.79 Å². The van der Waals surface area contributed by atoms with Crippen LogP contribution in [0.5, 0.6) is 0 Å². The number of aromatic carboxylic acids is 1. The molecule has 2 aromatic carbocycles. The number of para-hydroxylation sites is 1. The third-order valence-electron chi connectivity index (χ3n) is 3.66. The maximum absolute atomic E-state index is 10.8. The third kappa shape index (κ3) is 3.21. The molecule has 1 N–H and O–H groups in total. The van der Waals surface area contributed by atoms with Crippen LogP contribution in [0.1, 0.15) is 15.9 Å². The van der Waals surface area contributed by atoms with Crippen molar-refractivity contribution in [2.75, 3.05) is 11.9 Å². The van der Waals surface area contributed by atoms with Crippen molar-refractivity contribution in [3.63, 3.8) is 0 Å². The van der Waals surface area contributed by atoms with Gasteiger partial charge in [-0.2, -0.15) is 0 Å². The quantitative estimate of drug-likeness (QED) is 0.867. The molecule has 3 rings (SSSR count). The highest BCUT2D eigenvalue weighted by Gasteiger charge is 2.11. The van der Waals surface area contributed by atoms with Gasteiger partial charge in [-0.3, -0.25) is 4.99 Å². The maximum atomic E-state index is 10.8. The fraction of sp³-hybridized carbons (Fsp3) is 0.0526. The van der Waals surface area contributed by atoms with Crippen molar-refractivity contribution in [1.82, 2.24) is 0 Å². The zero-order valence-electron chi connectivity index (χ0n) is 12.7. The van der Waals surface area contributed by atoms with E-state index in [0.29, 0.717) is 0 Å². The average molecular weight is 304 g/mol. The topological polar surface area (TPSA) is 52.9 Å². The number of nitrogens with zero attached hydrogens (tertiary/aromatic N) is 2. The van der Waals surface area contributed by atoms with Crippen molar-refractivity contribution in [1.29, 1.82) is 0 Å². The van der Waals surface area contributed by atoms with E-state index < -0.39 is 5.97 Å². The molecule has 0 aliphatic carbocycles. The normalized spacial score (nSPS) is 15.2. The van der Waals surface area contributed by atoms with Gasteiger partial charge in [0.1, 0.15) is 0 Å².